The van der Waals surface area contributed by atoms with E-state index in [0.717, 1.165) is 12.8 Å². The van der Waals surface area contributed by atoms with Gasteiger partial charge in [0.25, 0.3) is 5.91 Å². The second kappa shape index (κ2) is 9.12. The molecule has 0 bridgehead atoms. The molecule has 1 aromatic carbocycles. The molecule has 1 saturated heterocycles. The number of rotatable bonds is 5. The summed E-state index contributed by atoms with van der Waals surface area (Å²) < 4.78 is 18.7. The van der Waals surface area contributed by atoms with Gasteiger partial charge in [0.1, 0.15) is 11.6 Å². The molecule has 9 heteroatoms. The monoisotopic (exact) mass is 387 g/mol. The van der Waals surface area contributed by atoms with Gasteiger partial charge in [0.15, 0.2) is 5.82 Å². The summed E-state index contributed by atoms with van der Waals surface area (Å²) >= 11 is 0. The zero-order valence-corrected chi connectivity index (χ0v) is 15.5. The summed E-state index contributed by atoms with van der Waals surface area (Å²) in [7, 11) is 0. The highest BCUT2D eigenvalue weighted by Gasteiger charge is 2.23. The number of hydrogen-bond acceptors (Lipinski definition) is 6. The average Bonchev–Trinajstić information content (AvgIpc) is 2.70. The Hall–Kier alpha value is -3.23. The van der Waals surface area contributed by atoms with Crippen molar-refractivity contribution in [3.63, 3.8) is 0 Å². The fraction of sp³-hybridized carbons (Fsp3) is 0.368. The van der Waals surface area contributed by atoms with Gasteiger partial charge in [-0.2, -0.15) is 0 Å². The Morgan fingerprint density at radius 1 is 1.14 bits per heavy atom. The van der Waals surface area contributed by atoms with Crippen LogP contribution in [0.1, 0.15) is 30.1 Å². The van der Waals surface area contributed by atoms with Crippen LogP contribution in [-0.4, -0.2) is 52.8 Å². The third kappa shape index (κ3) is 4.93. The lowest BCUT2D eigenvalue weighted by molar-refractivity contribution is 0.0981. The van der Waals surface area contributed by atoms with Crippen LogP contribution in [0, 0.1) is 5.82 Å². The molecular weight excluding hydrogens is 365 g/mol. The molecule has 0 spiro atoms. The van der Waals surface area contributed by atoms with E-state index in [1.54, 1.807) is 30.0 Å². The smallest absolute Gasteiger partial charge is 0.409 e. The molecule has 2 amide bonds. The van der Waals surface area contributed by atoms with E-state index in [9.17, 15) is 14.0 Å². The van der Waals surface area contributed by atoms with Gasteiger partial charge in [0.05, 0.1) is 12.2 Å². The van der Waals surface area contributed by atoms with Crippen LogP contribution < -0.4 is 10.6 Å². The van der Waals surface area contributed by atoms with Gasteiger partial charge in [0, 0.05) is 19.1 Å². The van der Waals surface area contributed by atoms with Crippen LogP contribution in [0.5, 0.6) is 0 Å². The summed E-state index contributed by atoms with van der Waals surface area (Å²) in [5, 5.41) is 13.8. The number of likely N-dealkylation sites (tertiary alicyclic amines) is 1. The number of carbonyl (C=O) groups is 2. The summed E-state index contributed by atoms with van der Waals surface area (Å²) in [5.74, 6) is -0.380. The molecule has 0 radical (unpaired) electrons. The minimum Gasteiger partial charge on any atom is -0.450 e. The number of anilines is 2. The minimum atomic E-state index is -0.597. The Morgan fingerprint density at radius 3 is 2.46 bits per heavy atom. The van der Waals surface area contributed by atoms with Gasteiger partial charge < -0.3 is 20.3 Å². The third-order valence-electron chi connectivity index (χ3n) is 4.40. The van der Waals surface area contributed by atoms with Crippen LogP contribution in [0.4, 0.5) is 20.8 Å². The van der Waals surface area contributed by atoms with Gasteiger partial charge in [-0.15, -0.1) is 10.2 Å². The van der Waals surface area contributed by atoms with Crippen molar-refractivity contribution in [3.05, 3.63) is 47.8 Å². The molecule has 28 heavy (non-hydrogen) atoms. The molecule has 0 atom stereocenters. The Kier molecular flexibility index (Phi) is 6.36. The van der Waals surface area contributed by atoms with E-state index in [0.29, 0.717) is 25.5 Å². The van der Waals surface area contributed by atoms with Crippen molar-refractivity contribution in [2.24, 2.45) is 0 Å². The minimum absolute atomic E-state index is 0.0557. The molecule has 2 aromatic rings. The summed E-state index contributed by atoms with van der Waals surface area (Å²) in [5.41, 5.74) is -0.0557. The molecule has 148 valence electrons. The second-order valence-corrected chi connectivity index (χ2v) is 6.34. The summed E-state index contributed by atoms with van der Waals surface area (Å²) in [4.78, 5) is 25.5. The van der Waals surface area contributed by atoms with Crippen molar-refractivity contribution in [1.29, 1.82) is 0 Å². The maximum atomic E-state index is 13.6. The molecule has 1 fully saturated rings. The van der Waals surface area contributed by atoms with E-state index in [1.165, 1.54) is 18.2 Å². The van der Waals surface area contributed by atoms with E-state index in [4.69, 9.17) is 4.74 Å². The van der Waals surface area contributed by atoms with Gasteiger partial charge >= 0.3 is 6.09 Å². The predicted molar refractivity (Wildman–Crippen MR) is 102 cm³/mol. The molecule has 2 heterocycles. The van der Waals surface area contributed by atoms with Crippen molar-refractivity contribution in [2.75, 3.05) is 30.3 Å². The highest BCUT2D eigenvalue weighted by molar-refractivity contribution is 6.03. The molecule has 3 rings (SSSR count). The number of benzene rings is 1. The first-order valence-corrected chi connectivity index (χ1v) is 9.14. The van der Waals surface area contributed by atoms with Gasteiger partial charge in [0.2, 0.25) is 0 Å². The number of nitrogens with zero attached hydrogens (tertiary/aromatic N) is 3. The lowest BCUT2D eigenvalue weighted by Crippen LogP contribution is -2.42. The summed E-state index contributed by atoms with van der Waals surface area (Å²) in [6.45, 7) is 3.38. The molecule has 0 saturated carbocycles. The van der Waals surface area contributed by atoms with E-state index in [1.807, 2.05) is 0 Å². The fourth-order valence-corrected chi connectivity index (χ4v) is 2.94. The molecule has 1 aliphatic rings. The first-order valence-electron chi connectivity index (χ1n) is 9.14. The zero-order chi connectivity index (χ0) is 19.9. The summed E-state index contributed by atoms with van der Waals surface area (Å²) in [6, 6.07) is 9.19. The number of aromatic nitrogens is 2. The van der Waals surface area contributed by atoms with Crippen LogP contribution >= 0.6 is 0 Å². The molecule has 0 aliphatic carbocycles. The molecular formula is C19H22FN5O3. The molecule has 8 nitrogen and oxygen atoms in total. The Balaban J connectivity index is 1.51. The Bertz CT molecular complexity index is 823. The van der Waals surface area contributed by atoms with Crippen LogP contribution in [0.15, 0.2) is 36.4 Å². The van der Waals surface area contributed by atoms with Gasteiger partial charge in [-0.1, -0.05) is 12.1 Å². The van der Waals surface area contributed by atoms with Crippen molar-refractivity contribution in [1.82, 2.24) is 15.1 Å². The van der Waals surface area contributed by atoms with Crippen molar-refractivity contribution in [3.8, 4) is 0 Å². The van der Waals surface area contributed by atoms with Crippen molar-refractivity contribution < 1.29 is 18.7 Å². The Morgan fingerprint density at radius 2 is 1.82 bits per heavy atom. The third-order valence-corrected chi connectivity index (χ3v) is 4.40. The standard InChI is InChI=1S/C19H22FN5O3/c1-2-28-19(27)25-11-9-13(10-12-25)21-16-7-8-17(24-23-16)22-18(26)14-5-3-4-6-15(14)20/h3-8,13H,2,9-12H2,1H3,(H,21,23)(H,22,24,26). The number of halogens is 1. The van der Waals surface area contributed by atoms with E-state index in [2.05, 4.69) is 20.8 Å². The fourth-order valence-electron chi connectivity index (χ4n) is 2.94. The highest BCUT2D eigenvalue weighted by Crippen LogP contribution is 2.17. The second-order valence-electron chi connectivity index (χ2n) is 6.34. The van der Waals surface area contributed by atoms with Gasteiger partial charge in [-0.25, -0.2) is 9.18 Å². The van der Waals surface area contributed by atoms with Crippen molar-refractivity contribution in [2.45, 2.75) is 25.8 Å². The quantitative estimate of drug-likeness (QED) is 0.819. The number of nitrogens with one attached hydrogen (secondary N) is 2. The van der Waals surface area contributed by atoms with E-state index in [-0.39, 0.29) is 23.5 Å². The predicted octanol–water partition coefficient (Wildman–Crippen LogP) is 2.90. The summed E-state index contributed by atoms with van der Waals surface area (Å²) in [6.07, 6.45) is 1.26. The average molecular weight is 387 g/mol. The largest absolute Gasteiger partial charge is 0.450 e. The maximum Gasteiger partial charge on any atom is 0.409 e. The highest BCUT2D eigenvalue weighted by atomic mass is 19.1. The normalized spacial score (nSPS) is 14.4. The number of piperidine rings is 1. The van der Waals surface area contributed by atoms with E-state index >= 15 is 0 Å². The number of hydrogen-bond donors (Lipinski definition) is 2. The molecule has 2 N–H and O–H groups in total. The van der Waals surface area contributed by atoms with E-state index < -0.39 is 11.7 Å². The lowest BCUT2D eigenvalue weighted by atomic mass is 10.1. The van der Waals surface area contributed by atoms with Crippen LogP contribution in [0.3, 0.4) is 0 Å². The number of amides is 2. The lowest BCUT2D eigenvalue weighted by Gasteiger charge is -2.31. The van der Waals surface area contributed by atoms with Crippen LogP contribution in [-0.2, 0) is 4.74 Å². The first kappa shape index (κ1) is 19.5. The molecule has 0 unspecified atom stereocenters. The zero-order valence-electron chi connectivity index (χ0n) is 15.5. The molecule has 1 aromatic heterocycles. The topological polar surface area (TPSA) is 96.5 Å². The molecule has 1 aliphatic heterocycles. The van der Waals surface area contributed by atoms with Gasteiger partial charge in [-0.05, 0) is 44.0 Å². The first-order chi connectivity index (χ1) is 13.6. The SMILES string of the molecule is CCOC(=O)N1CCC(Nc2ccc(NC(=O)c3ccccc3F)nn2)CC1. The van der Waals surface area contributed by atoms with Gasteiger partial charge in [-0.3, -0.25) is 4.79 Å². The van der Waals surface area contributed by atoms with Crippen LogP contribution in [0.2, 0.25) is 0 Å². The Labute approximate surface area is 162 Å². The van der Waals surface area contributed by atoms with Crippen molar-refractivity contribution >= 4 is 23.6 Å². The maximum absolute atomic E-state index is 13.6. The number of ether oxygens (including phenoxy) is 1. The number of carbonyl (C=O) groups excluding carboxylic acids is 2. The van der Waals surface area contributed by atoms with Crippen LogP contribution in [0.25, 0.3) is 0 Å².